The fourth-order valence-corrected chi connectivity index (χ4v) is 2.07. The van der Waals surface area contributed by atoms with Crippen LogP contribution < -0.4 is 11.1 Å². The van der Waals surface area contributed by atoms with E-state index in [9.17, 15) is 9.59 Å². The van der Waals surface area contributed by atoms with Crippen molar-refractivity contribution in [3.05, 3.63) is 5.69 Å². The van der Waals surface area contributed by atoms with Crippen LogP contribution in [0.1, 0.15) is 32.4 Å². The summed E-state index contributed by atoms with van der Waals surface area (Å²) in [6.07, 6.45) is 1.23. The predicted octanol–water partition coefficient (Wildman–Crippen LogP) is 1.57. The largest absolute Gasteiger partial charge is 0.466 e. The van der Waals surface area contributed by atoms with Crippen LogP contribution >= 0.6 is 11.3 Å². The molecule has 0 aliphatic carbocycles. The van der Waals surface area contributed by atoms with E-state index in [-0.39, 0.29) is 18.3 Å². The van der Waals surface area contributed by atoms with Gasteiger partial charge in [0.05, 0.1) is 18.7 Å². The average molecular weight is 271 g/mol. The molecule has 7 heteroatoms. The topological polar surface area (TPSA) is 94.3 Å². The zero-order valence-corrected chi connectivity index (χ0v) is 11.3. The molecule has 1 aromatic rings. The van der Waals surface area contributed by atoms with Gasteiger partial charge in [-0.25, -0.2) is 4.98 Å². The molecule has 100 valence electrons. The maximum atomic E-state index is 11.4. The van der Waals surface area contributed by atoms with Crippen LogP contribution in [0.2, 0.25) is 0 Å². The van der Waals surface area contributed by atoms with Gasteiger partial charge in [0.2, 0.25) is 5.91 Å². The number of nitrogens with one attached hydrogen (secondary N) is 1. The van der Waals surface area contributed by atoms with Crippen molar-refractivity contribution in [3.8, 4) is 0 Å². The highest BCUT2D eigenvalue weighted by atomic mass is 32.1. The summed E-state index contributed by atoms with van der Waals surface area (Å²) in [6, 6.07) is 0. The molecule has 0 atom stereocenters. The van der Waals surface area contributed by atoms with Crippen LogP contribution in [-0.2, 0) is 20.7 Å². The Morgan fingerprint density at radius 2 is 2.17 bits per heavy atom. The first-order valence-electron chi connectivity index (χ1n) is 5.77. The van der Waals surface area contributed by atoms with Crippen LogP contribution in [0.15, 0.2) is 0 Å². The standard InChI is InChI=1S/C11H17N3O3S/c1-3-5-8(15)14-11-13-7(10(12)18-11)6-9(16)17-4-2/h3-6,12H2,1-2H3,(H,13,14,15). The lowest BCUT2D eigenvalue weighted by atomic mass is 10.3. The van der Waals surface area contributed by atoms with Gasteiger partial charge >= 0.3 is 5.97 Å². The third kappa shape index (κ3) is 4.33. The van der Waals surface area contributed by atoms with Gasteiger partial charge in [0.25, 0.3) is 0 Å². The van der Waals surface area contributed by atoms with E-state index in [4.69, 9.17) is 10.5 Å². The molecule has 0 radical (unpaired) electrons. The van der Waals surface area contributed by atoms with E-state index in [2.05, 4.69) is 10.3 Å². The molecule has 1 heterocycles. The first-order chi connectivity index (χ1) is 8.56. The minimum absolute atomic E-state index is 0.0276. The number of rotatable bonds is 6. The molecular formula is C11H17N3O3S. The molecule has 1 rings (SSSR count). The maximum Gasteiger partial charge on any atom is 0.311 e. The molecule has 0 aliphatic rings. The van der Waals surface area contributed by atoms with E-state index >= 15 is 0 Å². The fraction of sp³-hybridized carbons (Fsp3) is 0.545. The smallest absolute Gasteiger partial charge is 0.311 e. The van der Waals surface area contributed by atoms with Crippen LogP contribution in [0, 0.1) is 0 Å². The normalized spacial score (nSPS) is 10.1. The minimum Gasteiger partial charge on any atom is -0.466 e. The second-order valence-electron chi connectivity index (χ2n) is 3.61. The molecule has 1 amide bonds. The first-order valence-corrected chi connectivity index (χ1v) is 6.59. The van der Waals surface area contributed by atoms with Crippen molar-refractivity contribution in [2.75, 3.05) is 17.7 Å². The second kappa shape index (κ2) is 6.95. The Balaban J connectivity index is 2.63. The summed E-state index contributed by atoms with van der Waals surface area (Å²) < 4.78 is 4.81. The minimum atomic E-state index is -0.374. The Bertz CT molecular complexity index is 431. The number of thiazole rings is 1. The van der Waals surface area contributed by atoms with E-state index in [1.807, 2.05) is 6.92 Å². The highest BCUT2D eigenvalue weighted by Gasteiger charge is 2.14. The number of hydrogen-bond donors (Lipinski definition) is 2. The number of carbonyl (C=O) groups excluding carboxylic acids is 2. The lowest BCUT2D eigenvalue weighted by Crippen LogP contribution is -2.11. The van der Waals surface area contributed by atoms with Crippen LogP contribution in [0.4, 0.5) is 10.1 Å². The number of carbonyl (C=O) groups is 2. The van der Waals surface area contributed by atoms with Crippen molar-refractivity contribution >= 4 is 33.3 Å². The molecule has 0 saturated heterocycles. The molecule has 18 heavy (non-hydrogen) atoms. The van der Waals surface area contributed by atoms with Gasteiger partial charge in [0, 0.05) is 6.42 Å². The number of esters is 1. The Morgan fingerprint density at radius 3 is 2.78 bits per heavy atom. The van der Waals surface area contributed by atoms with Crippen LogP contribution in [0.5, 0.6) is 0 Å². The molecule has 0 fully saturated rings. The van der Waals surface area contributed by atoms with Crippen molar-refractivity contribution in [3.63, 3.8) is 0 Å². The third-order valence-electron chi connectivity index (χ3n) is 2.07. The van der Waals surface area contributed by atoms with Crippen molar-refractivity contribution in [1.29, 1.82) is 0 Å². The molecule has 0 aliphatic heterocycles. The van der Waals surface area contributed by atoms with Gasteiger partial charge in [0.15, 0.2) is 5.13 Å². The van der Waals surface area contributed by atoms with Crippen LogP contribution in [-0.4, -0.2) is 23.5 Å². The first kappa shape index (κ1) is 14.4. The molecule has 0 spiro atoms. The van der Waals surface area contributed by atoms with Gasteiger partial charge < -0.3 is 15.8 Å². The molecule has 0 saturated carbocycles. The lowest BCUT2D eigenvalue weighted by Gasteiger charge is -1.99. The molecule has 0 aromatic carbocycles. The lowest BCUT2D eigenvalue weighted by molar-refractivity contribution is -0.142. The number of nitrogen functional groups attached to an aromatic ring is 1. The van der Waals surface area contributed by atoms with Gasteiger partial charge in [-0.15, -0.1) is 0 Å². The second-order valence-corrected chi connectivity index (χ2v) is 4.64. The number of amides is 1. The van der Waals surface area contributed by atoms with Gasteiger partial charge in [0.1, 0.15) is 5.00 Å². The number of hydrogen-bond acceptors (Lipinski definition) is 6. The number of aromatic nitrogens is 1. The maximum absolute atomic E-state index is 11.4. The Morgan fingerprint density at radius 1 is 1.44 bits per heavy atom. The van der Waals surface area contributed by atoms with Crippen molar-refractivity contribution in [2.24, 2.45) is 0 Å². The number of ether oxygens (including phenoxy) is 1. The molecule has 1 aromatic heterocycles. The monoisotopic (exact) mass is 271 g/mol. The highest BCUT2D eigenvalue weighted by Crippen LogP contribution is 2.26. The zero-order chi connectivity index (χ0) is 13.5. The summed E-state index contributed by atoms with van der Waals surface area (Å²) in [5.74, 6) is -0.477. The van der Waals surface area contributed by atoms with Gasteiger partial charge in [-0.05, 0) is 13.3 Å². The molecular weight excluding hydrogens is 254 g/mol. The van der Waals surface area contributed by atoms with E-state index in [0.29, 0.717) is 28.9 Å². The van der Waals surface area contributed by atoms with Gasteiger partial charge in [-0.2, -0.15) is 0 Å². The zero-order valence-electron chi connectivity index (χ0n) is 10.5. The Hall–Kier alpha value is -1.63. The highest BCUT2D eigenvalue weighted by molar-refractivity contribution is 7.19. The van der Waals surface area contributed by atoms with Crippen molar-refractivity contribution in [1.82, 2.24) is 4.98 Å². The number of nitrogens with zero attached hydrogens (tertiary/aromatic N) is 1. The summed E-state index contributed by atoms with van der Waals surface area (Å²) in [7, 11) is 0. The van der Waals surface area contributed by atoms with Gasteiger partial charge in [-0.1, -0.05) is 18.3 Å². The van der Waals surface area contributed by atoms with Gasteiger partial charge in [-0.3, -0.25) is 9.59 Å². The summed E-state index contributed by atoms with van der Waals surface area (Å²) in [4.78, 5) is 26.8. The van der Waals surface area contributed by atoms with E-state index in [1.54, 1.807) is 6.92 Å². The van der Waals surface area contributed by atoms with E-state index < -0.39 is 0 Å². The molecule has 0 bridgehead atoms. The Kier molecular flexibility index (Phi) is 5.57. The summed E-state index contributed by atoms with van der Waals surface area (Å²) in [6.45, 7) is 3.98. The number of nitrogens with two attached hydrogens (primary N) is 1. The van der Waals surface area contributed by atoms with Crippen LogP contribution in [0.25, 0.3) is 0 Å². The van der Waals surface area contributed by atoms with E-state index in [1.165, 1.54) is 0 Å². The summed E-state index contributed by atoms with van der Waals surface area (Å²) >= 11 is 1.16. The molecule has 6 nitrogen and oxygen atoms in total. The SMILES string of the molecule is CCCC(=O)Nc1nc(CC(=O)OCC)c(N)s1. The molecule has 3 N–H and O–H groups in total. The number of anilines is 2. The van der Waals surface area contributed by atoms with Crippen molar-refractivity contribution < 1.29 is 14.3 Å². The quantitative estimate of drug-likeness (QED) is 0.766. The van der Waals surface area contributed by atoms with E-state index in [0.717, 1.165) is 17.8 Å². The average Bonchev–Trinajstić information content (AvgIpc) is 2.59. The third-order valence-corrected chi connectivity index (χ3v) is 2.91. The fourth-order valence-electron chi connectivity index (χ4n) is 1.30. The Labute approximate surface area is 110 Å². The predicted molar refractivity (Wildman–Crippen MR) is 70.4 cm³/mol. The summed E-state index contributed by atoms with van der Waals surface area (Å²) in [5, 5.41) is 3.49. The molecule has 0 unspecified atom stereocenters. The van der Waals surface area contributed by atoms with Crippen molar-refractivity contribution in [2.45, 2.75) is 33.1 Å². The van der Waals surface area contributed by atoms with Crippen LogP contribution in [0.3, 0.4) is 0 Å². The summed E-state index contributed by atoms with van der Waals surface area (Å²) in [5.41, 5.74) is 6.18.